The second-order valence-electron chi connectivity index (χ2n) is 6.88. The molecule has 1 N–H and O–H groups in total. The molecule has 0 saturated carbocycles. The SMILES string of the molecule is COc1ccc(CN2CCC3(CC2)C(C(=O)O)CC(=O)N3C)c(F)c1. The lowest BCUT2D eigenvalue weighted by atomic mass is 9.77. The molecule has 2 aliphatic heterocycles. The zero-order valence-corrected chi connectivity index (χ0v) is 14.5. The summed E-state index contributed by atoms with van der Waals surface area (Å²) in [5.74, 6) is -1.51. The fourth-order valence-corrected chi connectivity index (χ4v) is 4.11. The normalized spacial score (nSPS) is 23.2. The van der Waals surface area contributed by atoms with E-state index >= 15 is 0 Å². The molecule has 1 aromatic carbocycles. The van der Waals surface area contributed by atoms with Crippen LogP contribution in [0, 0.1) is 11.7 Å². The summed E-state index contributed by atoms with van der Waals surface area (Å²) in [6.07, 6.45) is 1.24. The van der Waals surface area contributed by atoms with Crippen molar-refractivity contribution >= 4 is 11.9 Å². The van der Waals surface area contributed by atoms with Crippen LogP contribution in [-0.2, 0) is 16.1 Å². The minimum absolute atomic E-state index is 0.0684. The standard InChI is InChI=1S/C18H23FN2O4/c1-20-16(22)10-14(17(23)24)18(20)5-7-21(8-6-18)11-12-3-4-13(25-2)9-15(12)19/h3-4,9,14H,5-8,10-11H2,1-2H3,(H,23,24). The van der Waals surface area contributed by atoms with Crippen LogP contribution < -0.4 is 4.74 Å². The van der Waals surface area contributed by atoms with Gasteiger partial charge in [0.25, 0.3) is 0 Å². The van der Waals surface area contributed by atoms with E-state index in [1.807, 2.05) is 0 Å². The van der Waals surface area contributed by atoms with Crippen molar-refractivity contribution in [2.45, 2.75) is 31.3 Å². The number of nitrogens with zero attached hydrogens (tertiary/aromatic N) is 2. The molecule has 1 aromatic rings. The van der Waals surface area contributed by atoms with Crippen molar-refractivity contribution in [1.29, 1.82) is 0 Å². The van der Waals surface area contributed by atoms with E-state index in [-0.39, 0.29) is 18.1 Å². The van der Waals surface area contributed by atoms with Crippen LogP contribution in [0.2, 0.25) is 0 Å². The van der Waals surface area contributed by atoms with Gasteiger partial charge in [-0.3, -0.25) is 14.5 Å². The summed E-state index contributed by atoms with van der Waals surface area (Å²) in [5.41, 5.74) is -0.0277. The highest BCUT2D eigenvalue weighted by Gasteiger charge is 2.55. The molecule has 2 fully saturated rings. The Bertz CT molecular complexity index is 686. The molecule has 1 spiro atoms. The molecular formula is C18H23FN2O4. The molecule has 0 radical (unpaired) electrons. The lowest BCUT2D eigenvalue weighted by Gasteiger charge is -2.45. The molecule has 3 rings (SSSR count). The number of hydrogen-bond acceptors (Lipinski definition) is 4. The van der Waals surface area contributed by atoms with Crippen LogP contribution in [-0.4, -0.2) is 59.6 Å². The molecule has 0 bridgehead atoms. The topological polar surface area (TPSA) is 70.1 Å². The summed E-state index contributed by atoms with van der Waals surface area (Å²) >= 11 is 0. The van der Waals surface area contributed by atoms with Gasteiger partial charge in [-0.05, 0) is 18.9 Å². The van der Waals surface area contributed by atoms with E-state index in [0.717, 1.165) is 0 Å². The van der Waals surface area contributed by atoms with Crippen LogP contribution in [0.15, 0.2) is 18.2 Å². The van der Waals surface area contributed by atoms with E-state index < -0.39 is 17.4 Å². The number of carboxylic acids is 1. The molecular weight excluding hydrogens is 327 g/mol. The fourth-order valence-electron chi connectivity index (χ4n) is 4.11. The van der Waals surface area contributed by atoms with Gasteiger partial charge in [-0.1, -0.05) is 6.07 Å². The summed E-state index contributed by atoms with van der Waals surface area (Å²) in [4.78, 5) is 27.3. The number of carbonyl (C=O) groups excluding carboxylic acids is 1. The summed E-state index contributed by atoms with van der Waals surface area (Å²) in [5, 5.41) is 9.50. The molecule has 2 heterocycles. The average Bonchev–Trinajstić information content (AvgIpc) is 2.84. The maximum atomic E-state index is 14.1. The molecule has 136 valence electrons. The molecule has 1 amide bonds. The van der Waals surface area contributed by atoms with Crippen molar-refractivity contribution in [1.82, 2.24) is 9.80 Å². The number of amides is 1. The van der Waals surface area contributed by atoms with E-state index in [1.54, 1.807) is 24.1 Å². The van der Waals surface area contributed by atoms with Gasteiger partial charge in [-0.15, -0.1) is 0 Å². The lowest BCUT2D eigenvalue weighted by molar-refractivity contribution is -0.146. The summed E-state index contributed by atoms with van der Waals surface area (Å²) in [6, 6.07) is 4.81. The number of benzene rings is 1. The van der Waals surface area contributed by atoms with Gasteiger partial charge < -0.3 is 14.7 Å². The summed E-state index contributed by atoms with van der Waals surface area (Å²) in [7, 11) is 3.20. The van der Waals surface area contributed by atoms with E-state index in [2.05, 4.69) is 4.90 Å². The Morgan fingerprint density at radius 2 is 2.08 bits per heavy atom. The van der Waals surface area contributed by atoms with Crippen LogP contribution in [0.3, 0.4) is 0 Å². The minimum Gasteiger partial charge on any atom is -0.497 e. The number of halogens is 1. The second-order valence-corrected chi connectivity index (χ2v) is 6.88. The molecule has 1 atom stereocenters. The average molecular weight is 350 g/mol. The van der Waals surface area contributed by atoms with Gasteiger partial charge in [-0.25, -0.2) is 4.39 Å². The van der Waals surface area contributed by atoms with E-state index in [4.69, 9.17) is 4.74 Å². The Balaban J connectivity index is 1.69. The summed E-state index contributed by atoms with van der Waals surface area (Å²) < 4.78 is 19.1. The van der Waals surface area contributed by atoms with E-state index in [1.165, 1.54) is 13.2 Å². The van der Waals surface area contributed by atoms with E-state index in [9.17, 15) is 19.1 Å². The Morgan fingerprint density at radius 1 is 1.40 bits per heavy atom. The van der Waals surface area contributed by atoms with Gasteiger partial charge in [0.15, 0.2) is 0 Å². The number of carboxylic acid groups (broad SMARTS) is 1. The third kappa shape index (κ3) is 3.08. The van der Waals surface area contributed by atoms with Crippen molar-refractivity contribution in [3.63, 3.8) is 0 Å². The summed E-state index contributed by atoms with van der Waals surface area (Å²) in [6.45, 7) is 1.72. The van der Waals surface area contributed by atoms with Crippen LogP contribution in [0.5, 0.6) is 5.75 Å². The fraction of sp³-hybridized carbons (Fsp3) is 0.556. The van der Waals surface area contributed by atoms with Crippen LogP contribution in [0.4, 0.5) is 4.39 Å². The van der Waals surface area contributed by atoms with Gasteiger partial charge in [0.2, 0.25) is 5.91 Å². The molecule has 0 aromatic heterocycles. The number of carbonyl (C=O) groups is 2. The van der Waals surface area contributed by atoms with Crippen molar-refractivity contribution in [3.8, 4) is 5.75 Å². The van der Waals surface area contributed by atoms with Gasteiger partial charge in [0.1, 0.15) is 11.6 Å². The molecule has 6 nitrogen and oxygen atoms in total. The van der Waals surface area contributed by atoms with Gasteiger partial charge in [0.05, 0.1) is 18.6 Å². The third-order valence-electron chi connectivity index (χ3n) is 5.74. The predicted molar refractivity (Wildman–Crippen MR) is 88.7 cm³/mol. The number of likely N-dealkylation sites (tertiary alicyclic amines) is 2. The van der Waals surface area contributed by atoms with Gasteiger partial charge in [-0.2, -0.15) is 0 Å². The maximum Gasteiger partial charge on any atom is 0.309 e. The van der Waals surface area contributed by atoms with Crippen LogP contribution >= 0.6 is 0 Å². The van der Waals surface area contributed by atoms with Gasteiger partial charge in [0, 0.05) is 44.7 Å². The third-order valence-corrected chi connectivity index (χ3v) is 5.74. The van der Waals surface area contributed by atoms with Crippen LogP contribution in [0.25, 0.3) is 0 Å². The molecule has 2 saturated heterocycles. The Labute approximate surface area is 146 Å². The number of piperidine rings is 1. The quantitative estimate of drug-likeness (QED) is 0.896. The number of methoxy groups -OCH3 is 1. The first-order valence-electron chi connectivity index (χ1n) is 8.41. The number of hydrogen-bond donors (Lipinski definition) is 1. The maximum absolute atomic E-state index is 14.1. The van der Waals surface area contributed by atoms with Crippen molar-refractivity contribution < 1.29 is 23.8 Å². The second kappa shape index (κ2) is 6.63. The molecule has 1 unspecified atom stereocenters. The first-order chi connectivity index (χ1) is 11.9. The first-order valence-corrected chi connectivity index (χ1v) is 8.41. The Hall–Kier alpha value is -2.15. The molecule has 0 aliphatic carbocycles. The minimum atomic E-state index is -0.910. The predicted octanol–water partition coefficient (Wildman–Crippen LogP) is 1.73. The first kappa shape index (κ1) is 17.7. The smallest absolute Gasteiger partial charge is 0.309 e. The Kier molecular flexibility index (Phi) is 4.69. The molecule has 2 aliphatic rings. The largest absolute Gasteiger partial charge is 0.497 e. The van der Waals surface area contributed by atoms with Crippen molar-refractivity contribution in [3.05, 3.63) is 29.6 Å². The van der Waals surface area contributed by atoms with Crippen molar-refractivity contribution in [2.75, 3.05) is 27.2 Å². The highest BCUT2D eigenvalue weighted by Crippen LogP contribution is 2.43. The number of ether oxygens (including phenoxy) is 1. The molecule has 7 heteroatoms. The Morgan fingerprint density at radius 3 is 2.64 bits per heavy atom. The van der Waals surface area contributed by atoms with Gasteiger partial charge >= 0.3 is 5.97 Å². The zero-order chi connectivity index (χ0) is 18.2. The number of aliphatic carboxylic acids is 1. The lowest BCUT2D eigenvalue weighted by Crippen LogP contribution is -2.55. The van der Waals surface area contributed by atoms with Crippen molar-refractivity contribution in [2.24, 2.45) is 5.92 Å². The molecule has 25 heavy (non-hydrogen) atoms. The zero-order valence-electron chi connectivity index (χ0n) is 14.5. The monoisotopic (exact) mass is 350 g/mol. The highest BCUT2D eigenvalue weighted by atomic mass is 19.1. The van der Waals surface area contributed by atoms with E-state index in [0.29, 0.717) is 43.8 Å². The van der Waals surface area contributed by atoms with Crippen LogP contribution in [0.1, 0.15) is 24.8 Å². The number of rotatable bonds is 4. The highest BCUT2D eigenvalue weighted by molar-refractivity contribution is 5.88.